The average Bonchev–Trinajstić information content (AvgIpc) is 3.44. The Hall–Kier alpha value is -3.65. The Balaban J connectivity index is 1.18. The summed E-state index contributed by atoms with van der Waals surface area (Å²) in [7, 11) is 5.16. The minimum Gasteiger partial charge on any atom is -0.477 e. The lowest BCUT2D eigenvalue weighted by Gasteiger charge is -2.49. The highest BCUT2D eigenvalue weighted by molar-refractivity contribution is 7.99. The maximum atomic E-state index is 14.5. The van der Waals surface area contributed by atoms with Crippen LogP contribution in [-0.2, 0) is 49.2 Å². The van der Waals surface area contributed by atoms with Crippen molar-refractivity contribution in [3.63, 3.8) is 0 Å². The average molecular weight is 1120 g/mol. The van der Waals surface area contributed by atoms with Crippen LogP contribution in [0, 0.1) is 28.6 Å². The summed E-state index contributed by atoms with van der Waals surface area (Å²) in [6.45, 7) is 19.3. The van der Waals surface area contributed by atoms with Gasteiger partial charge in [0.15, 0.2) is 18.7 Å². The third kappa shape index (κ3) is 13.8. The van der Waals surface area contributed by atoms with E-state index in [9.17, 15) is 49.6 Å². The van der Waals surface area contributed by atoms with Crippen molar-refractivity contribution in [1.29, 1.82) is 0 Å². The first kappa shape index (κ1) is 63.5. The number of methoxy groups -OCH3 is 1. The number of hydrogen-bond donors (Lipinski definition) is 6. The van der Waals surface area contributed by atoms with E-state index in [0.29, 0.717) is 30.6 Å². The number of benzene rings is 1. The number of cyclic esters (lactones) is 1. The van der Waals surface area contributed by atoms with E-state index in [-0.39, 0.29) is 49.4 Å². The van der Waals surface area contributed by atoms with Crippen molar-refractivity contribution in [2.24, 2.45) is 28.8 Å². The molecule has 2 aromatic rings. The van der Waals surface area contributed by atoms with Gasteiger partial charge < -0.3 is 73.5 Å². The summed E-state index contributed by atoms with van der Waals surface area (Å²) in [5, 5.41) is 64.9. The minimum absolute atomic E-state index is 0.00169. The SMILES string of the molecule is CCC1OC(=O)[C@H](C)[C@@H](OC2CC(C)(OC)C(OC(=O)CCNCCSc3cc4c5c(c3)c(=O)c(C(=O)O)cn5C(C)CC4)[C@H](C)O2)[C@H](C)[C@@H](O[C@@H]2O[C@H](C)C[C@H](N(C)C)C2O)[C@](C)(O)C[C@@H](C)C(N=O)[C@H](C)[C@@H](O)C1(C)O. The van der Waals surface area contributed by atoms with Crippen LogP contribution in [0.5, 0.6) is 0 Å². The predicted molar refractivity (Wildman–Crippen MR) is 291 cm³/mol. The van der Waals surface area contributed by atoms with E-state index in [1.54, 1.807) is 54.5 Å². The number of nitroso groups, excluding NO2 is 1. The van der Waals surface area contributed by atoms with Gasteiger partial charge in [0.25, 0.3) is 0 Å². The Morgan fingerprint density at radius 2 is 1.65 bits per heavy atom. The molecule has 8 unspecified atom stereocenters. The Kier molecular flexibility index (Phi) is 21.2. The molecule has 0 aliphatic carbocycles. The molecule has 6 rings (SSSR count). The highest BCUT2D eigenvalue weighted by atomic mass is 32.2. The van der Waals surface area contributed by atoms with Gasteiger partial charge in [0.2, 0.25) is 5.43 Å². The van der Waals surface area contributed by atoms with Crippen molar-refractivity contribution in [2.45, 2.75) is 222 Å². The lowest BCUT2D eigenvalue weighted by atomic mass is 9.72. The molecular formula is C56H88N4O17S. The first-order chi connectivity index (χ1) is 36.5. The summed E-state index contributed by atoms with van der Waals surface area (Å²) in [4.78, 5) is 68.6. The number of nitrogens with one attached hydrogen (secondary N) is 1. The second-order valence-corrected chi connectivity index (χ2v) is 24.7. The lowest BCUT2D eigenvalue weighted by Crippen LogP contribution is -2.61. The normalized spacial score (nSPS) is 39.1. The molecule has 440 valence electrons. The van der Waals surface area contributed by atoms with Gasteiger partial charge in [0, 0.05) is 72.8 Å². The van der Waals surface area contributed by atoms with Crippen LogP contribution in [0.15, 0.2) is 33.2 Å². The molecule has 0 spiro atoms. The number of carboxylic acids is 1. The number of pyridine rings is 1. The number of thioether (sulfide) groups is 1. The first-order valence-electron chi connectivity index (χ1n) is 27.7. The van der Waals surface area contributed by atoms with Crippen LogP contribution in [0.4, 0.5) is 0 Å². The fraction of sp³-hybridized carbons (Fsp3) is 0.786. The molecule has 0 bridgehead atoms. The monoisotopic (exact) mass is 1120 g/mol. The number of aryl methyl sites for hydroxylation is 1. The molecular weight excluding hydrogens is 1030 g/mol. The van der Waals surface area contributed by atoms with Crippen LogP contribution in [0.1, 0.15) is 137 Å². The number of nitrogens with zero attached hydrogens (tertiary/aromatic N) is 3. The number of carbonyl (C=O) groups excluding carboxylic acids is 2. The highest BCUT2D eigenvalue weighted by Gasteiger charge is 2.55. The number of carboxylic acid groups (broad SMARTS) is 1. The summed E-state index contributed by atoms with van der Waals surface area (Å²) in [6.07, 6.45) is -7.38. The second kappa shape index (κ2) is 26.1. The van der Waals surface area contributed by atoms with Crippen LogP contribution in [-0.4, -0.2) is 183 Å². The van der Waals surface area contributed by atoms with Gasteiger partial charge in [-0.05, 0) is 118 Å². The van der Waals surface area contributed by atoms with Gasteiger partial charge in [-0.1, -0.05) is 32.9 Å². The molecule has 4 aliphatic rings. The van der Waals surface area contributed by atoms with Crippen LogP contribution in [0.3, 0.4) is 0 Å². The Bertz CT molecular complexity index is 2480. The van der Waals surface area contributed by atoms with E-state index in [2.05, 4.69) is 16.6 Å². The molecule has 1 aromatic carbocycles. The molecule has 22 heteroatoms. The number of aromatic nitrogens is 1. The molecule has 0 saturated carbocycles. The summed E-state index contributed by atoms with van der Waals surface area (Å²) in [5.74, 6) is -5.71. The zero-order valence-electron chi connectivity index (χ0n) is 48.0. The molecule has 21 nitrogen and oxygen atoms in total. The molecule has 5 heterocycles. The summed E-state index contributed by atoms with van der Waals surface area (Å²) >= 11 is 1.53. The van der Waals surface area contributed by atoms with E-state index in [1.165, 1.54) is 38.9 Å². The predicted octanol–water partition coefficient (Wildman–Crippen LogP) is 5.19. The van der Waals surface area contributed by atoms with Gasteiger partial charge in [-0.15, -0.1) is 11.8 Å². The molecule has 20 atom stereocenters. The molecule has 0 radical (unpaired) electrons. The third-order valence-corrected chi connectivity index (χ3v) is 18.1. The van der Waals surface area contributed by atoms with E-state index in [1.807, 2.05) is 37.4 Å². The molecule has 0 amide bonds. The highest BCUT2D eigenvalue weighted by Crippen LogP contribution is 2.43. The van der Waals surface area contributed by atoms with E-state index >= 15 is 0 Å². The van der Waals surface area contributed by atoms with Crippen molar-refractivity contribution < 1.29 is 73.1 Å². The smallest absolute Gasteiger partial charge is 0.341 e. The quantitative estimate of drug-likeness (QED) is 0.0514. The molecule has 3 fully saturated rings. The molecule has 6 N–H and O–H groups in total. The zero-order chi connectivity index (χ0) is 57.9. The first-order valence-corrected chi connectivity index (χ1v) is 28.6. The van der Waals surface area contributed by atoms with Crippen LogP contribution < -0.4 is 10.7 Å². The molecule has 1 aromatic heterocycles. The Labute approximate surface area is 462 Å². The number of esters is 2. The van der Waals surface area contributed by atoms with Gasteiger partial charge in [-0.25, -0.2) is 4.79 Å². The van der Waals surface area contributed by atoms with Crippen molar-refractivity contribution >= 4 is 40.6 Å². The van der Waals surface area contributed by atoms with Gasteiger partial charge >= 0.3 is 17.9 Å². The number of carbonyl (C=O) groups is 3. The fourth-order valence-electron chi connectivity index (χ4n) is 12.6. The maximum absolute atomic E-state index is 14.5. The largest absolute Gasteiger partial charge is 0.477 e. The number of hydrogen-bond acceptors (Lipinski definition) is 20. The topological polar surface area (TPSA) is 284 Å². The summed E-state index contributed by atoms with van der Waals surface area (Å²) in [6, 6.07) is 2.38. The molecule has 4 aliphatic heterocycles. The standard InChI is InChI=1S/C56H88N4O17S/c1-15-40-56(11,69)48(64)31(5)43(58-70)28(2)25-54(9,68)49(77-53-46(63)39(59(12)13)22-30(4)72-53)32(6)47(33(7)52(67)74-40)76-42-26-55(10,71-14)50(34(8)73-42)75-41(61)18-19-57-20-21-78-36-23-35-17-16-29(3)60-27-38(51(65)66)45(62)37(24-36)44(35)60/h23-24,27-34,39-40,42-43,46-50,53,57,63-64,68-69H,15-22,25-26H2,1-14H3,(H,65,66)/t28-,29?,30-,31+,32+,33-,34+,39+,40?,42?,43?,46?,47+,48-,49-,50?,53+,54-,55?,56?/m1/s1. The molecule has 3 saturated heterocycles. The number of aromatic carboxylic acids is 1. The minimum atomic E-state index is -2.04. The van der Waals surface area contributed by atoms with Crippen LogP contribution in [0.2, 0.25) is 0 Å². The van der Waals surface area contributed by atoms with E-state index in [4.69, 9.17) is 33.2 Å². The molecule has 78 heavy (non-hydrogen) atoms. The third-order valence-electron chi connectivity index (χ3n) is 17.2. The fourth-order valence-corrected chi connectivity index (χ4v) is 13.5. The van der Waals surface area contributed by atoms with Gasteiger partial charge in [-0.3, -0.25) is 14.4 Å². The lowest BCUT2D eigenvalue weighted by molar-refractivity contribution is -0.319. The van der Waals surface area contributed by atoms with Crippen molar-refractivity contribution in [3.8, 4) is 0 Å². The van der Waals surface area contributed by atoms with Crippen molar-refractivity contribution in [3.05, 3.63) is 44.6 Å². The van der Waals surface area contributed by atoms with E-state index in [0.717, 1.165) is 28.8 Å². The number of rotatable bonds is 17. The maximum Gasteiger partial charge on any atom is 0.341 e. The van der Waals surface area contributed by atoms with Gasteiger partial charge in [0.1, 0.15) is 29.0 Å². The van der Waals surface area contributed by atoms with Gasteiger partial charge in [0.05, 0.1) is 60.0 Å². The van der Waals surface area contributed by atoms with Crippen LogP contribution >= 0.6 is 11.8 Å². The Morgan fingerprint density at radius 1 is 0.962 bits per heavy atom. The van der Waals surface area contributed by atoms with Crippen molar-refractivity contribution in [2.75, 3.05) is 40.0 Å². The zero-order valence-corrected chi connectivity index (χ0v) is 48.8. The number of aliphatic hydroxyl groups excluding tert-OH is 2. The second-order valence-electron chi connectivity index (χ2n) is 23.6. The van der Waals surface area contributed by atoms with Gasteiger partial charge in [-0.2, -0.15) is 4.91 Å². The summed E-state index contributed by atoms with van der Waals surface area (Å²) in [5.41, 5.74) is -4.05. The number of aliphatic hydroxyl groups is 4. The van der Waals surface area contributed by atoms with Crippen molar-refractivity contribution in [1.82, 2.24) is 14.8 Å². The van der Waals surface area contributed by atoms with E-state index < -0.39 is 125 Å². The number of ether oxygens (including phenoxy) is 7. The Morgan fingerprint density at radius 3 is 2.28 bits per heavy atom. The summed E-state index contributed by atoms with van der Waals surface area (Å²) < 4.78 is 46.5. The van der Waals surface area contributed by atoms with Crippen LogP contribution in [0.25, 0.3) is 10.9 Å². The number of likely N-dealkylation sites (N-methyl/N-ethyl adjacent to an activating group) is 1.